The number of aromatic nitrogens is 3. The van der Waals surface area contributed by atoms with Crippen LogP contribution in [0.4, 0.5) is 0 Å². The zero-order valence-corrected chi connectivity index (χ0v) is 28.9. The van der Waals surface area contributed by atoms with Gasteiger partial charge in [0.15, 0.2) is 0 Å². The van der Waals surface area contributed by atoms with Crippen LogP contribution in [-0.2, 0) is 26.5 Å². The fraction of sp³-hybridized carbons (Fsp3) is 0.229. The molecule has 211 valence electrons. The quantitative estimate of drug-likeness (QED) is 0.130. The van der Waals surface area contributed by atoms with Crippen LogP contribution in [0.3, 0.4) is 0 Å². The molecule has 4 nitrogen and oxygen atoms in total. The first-order chi connectivity index (χ1) is 19.2. The average Bonchev–Trinajstić information content (AvgIpc) is 3.31. The van der Waals surface area contributed by atoms with Crippen LogP contribution in [0.2, 0.25) is 17.3 Å². The molecule has 1 radical (unpaired) electrons. The third kappa shape index (κ3) is 7.21. The molecule has 0 saturated heterocycles. The average molecular weight is 779 g/mol. The maximum Gasteiger partial charge on any atom is 0.216 e. The third-order valence-corrected chi connectivity index (χ3v) is 11.1. The van der Waals surface area contributed by atoms with E-state index in [0.29, 0.717) is 11.6 Å². The van der Waals surface area contributed by atoms with Gasteiger partial charge in [0.2, 0.25) is 5.71 Å². The Kier molecular flexibility index (Phi) is 9.96. The predicted molar refractivity (Wildman–Crippen MR) is 168 cm³/mol. The van der Waals surface area contributed by atoms with E-state index in [1.807, 2.05) is 61.7 Å². The molecule has 0 atom stereocenters. The van der Waals surface area contributed by atoms with E-state index in [4.69, 9.17) is 9.40 Å². The molecule has 4 aromatic heterocycles. The Morgan fingerprint density at radius 2 is 1.63 bits per heavy atom. The zero-order chi connectivity index (χ0) is 28.3. The summed E-state index contributed by atoms with van der Waals surface area (Å²) in [6.45, 7) is 6.60. The minimum atomic E-state index is -1.86. The molecular weight excluding hydrogens is 743 g/mol. The molecule has 2 aromatic carbocycles. The fourth-order valence-electron chi connectivity index (χ4n) is 4.91. The topological polar surface area (TPSA) is 51.8 Å². The van der Waals surface area contributed by atoms with Gasteiger partial charge in [-0.15, -0.1) is 18.2 Å². The van der Waals surface area contributed by atoms with Gasteiger partial charge < -0.3 is 9.40 Å². The summed E-state index contributed by atoms with van der Waals surface area (Å²) in [6, 6.07) is 28.7. The molecule has 0 aliphatic heterocycles. The normalized spacial score (nSPS) is 11.3. The van der Waals surface area contributed by atoms with E-state index in [1.165, 1.54) is 5.56 Å². The van der Waals surface area contributed by atoms with Gasteiger partial charge >= 0.3 is 126 Å². The van der Waals surface area contributed by atoms with Crippen molar-refractivity contribution in [2.24, 2.45) is 5.92 Å². The minimum Gasteiger partial charge on any atom is -0.486 e. The monoisotopic (exact) mass is 780 g/mol. The van der Waals surface area contributed by atoms with E-state index in [2.05, 4.69) is 77.6 Å². The van der Waals surface area contributed by atoms with Gasteiger partial charge in [-0.25, -0.2) is 4.98 Å². The largest absolute Gasteiger partial charge is 0.486 e. The predicted octanol–water partition coefficient (Wildman–Crippen LogP) is 8.44. The summed E-state index contributed by atoms with van der Waals surface area (Å²) in [7, 11) is 0. The number of furan rings is 1. The van der Waals surface area contributed by atoms with Gasteiger partial charge in [0.1, 0.15) is 0 Å². The molecule has 6 heteroatoms. The van der Waals surface area contributed by atoms with Crippen molar-refractivity contribution in [1.82, 2.24) is 15.0 Å². The van der Waals surface area contributed by atoms with Gasteiger partial charge in [-0.3, -0.25) is 0 Å². The molecular formula is C35H35GeIrN3O-2. The molecule has 41 heavy (non-hydrogen) atoms. The van der Waals surface area contributed by atoms with E-state index >= 15 is 0 Å². The number of nitrogens with zero attached hydrogens (tertiary/aromatic N) is 3. The number of benzene rings is 2. The van der Waals surface area contributed by atoms with Crippen LogP contribution in [0.25, 0.3) is 44.6 Å². The number of aryl methyl sites for hydroxylation is 1. The number of rotatable bonds is 5. The molecule has 0 saturated carbocycles. The fourth-order valence-corrected chi connectivity index (χ4v) is 8.25. The first-order valence-electron chi connectivity index (χ1n) is 13.8. The third-order valence-electron chi connectivity index (χ3n) is 6.76. The Hall–Kier alpha value is -3.12. The van der Waals surface area contributed by atoms with E-state index in [-0.39, 0.29) is 20.1 Å². The summed E-state index contributed by atoms with van der Waals surface area (Å²) in [5.74, 6) is 7.99. The Morgan fingerprint density at radius 3 is 2.32 bits per heavy atom. The Balaban J connectivity index is 0.000000184. The van der Waals surface area contributed by atoms with Gasteiger partial charge in [-0.2, -0.15) is 0 Å². The van der Waals surface area contributed by atoms with Crippen LogP contribution in [0, 0.1) is 25.0 Å². The zero-order valence-electron chi connectivity index (χ0n) is 24.5. The van der Waals surface area contributed by atoms with Crippen molar-refractivity contribution >= 4 is 39.7 Å². The van der Waals surface area contributed by atoms with E-state index in [0.717, 1.165) is 50.9 Å². The number of pyridine rings is 3. The summed E-state index contributed by atoms with van der Waals surface area (Å²) in [5.41, 5.74) is 7.93. The molecule has 0 unspecified atom stereocenters. The van der Waals surface area contributed by atoms with E-state index in [9.17, 15) is 0 Å². The first-order valence-corrected chi connectivity index (χ1v) is 21.1. The van der Waals surface area contributed by atoms with Crippen molar-refractivity contribution in [1.29, 1.82) is 0 Å². The first kappa shape index (κ1) is 30.8. The summed E-state index contributed by atoms with van der Waals surface area (Å²) in [5, 5.41) is 2.08. The number of fused-ring (bicyclic) bond motifs is 3. The van der Waals surface area contributed by atoms with Gasteiger partial charge in [0, 0.05) is 37.9 Å². The van der Waals surface area contributed by atoms with Crippen molar-refractivity contribution in [2.45, 2.75) is 44.5 Å². The maximum absolute atomic E-state index is 5.91. The SMILES string of the molecule is CC(C)Cc1cc(-c2[c-]cccc2)nc[c]1[Ge]([CH3])([CH3])[CH3].Cc1cnc2oc3c(-c4ccccn4)[c-]ccc3c2c1.[Ir]. The molecule has 6 aromatic rings. The molecule has 0 amide bonds. The second kappa shape index (κ2) is 13.2. The maximum atomic E-state index is 5.91. The van der Waals surface area contributed by atoms with Crippen molar-refractivity contribution < 1.29 is 24.5 Å². The van der Waals surface area contributed by atoms with Crippen LogP contribution in [-0.4, -0.2) is 28.2 Å². The molecule has 0 N–H and O–H groups in total. The van der Waals surface area contributed by atoms with Gasteiger partial charge in [-0.1, -0.05) is 23.1 Å². The van der Waals surface area contributed by atoms with Gasteiger partial charge in [-0.05, 0) is 30.3 Å². The van der Waals surface area contributed by atoms with Crippen LogP contribution in [0.15, 0.2) is 89.7 Å². The molecule has 0 aliphatic rings. The smallest absolute Gasteiger partial charge is 0.216 e. The standard InChI is InChI=1S/C18H24GeN.C17H11N2O.Ir/c1-14(2)11-16-12-18(15-9-7-6-8-10-15)20-13-17(16)19(3,4)5;1-11-9-14-12-5-4-6-13(15-7-2-3-8-18-15)16(12)20-17(14)19-10-11;/h6-9,12-14H,11H2,1-5H3;2-5,7-10H,1H3;/q2*-1;. The molecule has 0 bridgehead atoms. The summed E-state index contributed by atoms with van der Waals surface area (Å²) >= 11 is -1.86. The second-order valence-electron chi connectivity index (χ2n) is 11.6. The van der Waals surface area contributed by atoms with E-state index < -0.39 is 13.3 Å². The number of hydrogen-bond donors (Lipinski definition) is 0. The minimum absolute atomic E-state index is 0. The molecule has 4 heterocycles. The van der Waals surface area contributed by atoms with Gasteiger partial charge in [0.25, 0.3) is 0 Å². The summed E-state index contributed by atoms with van der Waals surface area (Å²) in [6.07, 6.45) is 6.86. The van der Waals surface area contributed by atoms with Crippen LogP contribution < -0.4 is 4.40 Å². The van der Waals surface area contributed by atoms with Crippen molar-refractivity contribution in [2.75, 3.05) is 0 Å². The Bertz CT molecular complexity index is 1740. The van der Waals surface area contributed by atoms with E-state index in [1.54, 1.807) is 10.6 Å². The van der Waals surface area contributed by atoms with Crippen LogP contribution in [0.5, 0.6) is 0 Å². The van der Waals surface area contributed by atoms with Crippen LogP contribution in [0.1, 0.15) is 25.0 Å². The molecule has 0 aliphatic carbocycles. The summed E-state index contributed by atoms with van der Waals surface area (Å²) < 4.78 is 7.45. The molecule has 0 fully saturated rings. The molecule has 0 spiro atoms. The Labute approximate surface area is 259 Å². The van der Waals surface area contributed by atoms with Crippen molar-refractivity contribution in [3.8, 4) is 22.5 Å². The van der Waals surface area contributed by atoms with Crippen molar-refractivity contribution in [3.63, 3.8) is 0 Å². The van der Waals surface area contributed by atoms with Crippen LogP contribution >= 0.6 is 0 Å². The molecule has 6 rings (SSSR count). The number of hydrogen-bond acceptors (Lipinski definition) is 4. The summed E-state index contributed by atoms with van der Waals surface area (Å²) in [4.78, 5) is 13.4. The second-order valence-corrected chi connectivity index (χ2v) is 22.2. The Morgan fingerprint density at radius 1 is 0.829 bits per heavy atom. The van der Waals surface area contributed by atoms with Gasteiger partial charge in [0.05, 0.1) is 5.58 Å². The van der Waals surface area contributed by atoms with Crippen molar-refractivity contribution in [3.05, 3.63) is 109 Å².